The minimum absolute atomic E-state index is 0.114. The van der Waals surface area contributed by atoms with Crippen LogP contribution in [-0.4, -0.2) is 7.11 Å². The molecule has 0 bridgehead atoms. The molecule has 0 amide bonds. The lowest BCUT2D eigenvalue weighted by molar-refractivity contribution is 0.115. The summed E-state index contributed by atoms with van der Waals surface area (Å²) in [4.78, 5) is 0. The van der Waals surface area contributed by atoms with Crippen LogP contribution in [0.5, 0.6) is 5.75 Å². The predicted molar refractivity (Wildman–Crippen MR) is 119 cm³/mol. The van der Waals surface area contributed by atoms with Gasteiger partial charge < -0.3 is 4.74 Å². The zero-order valence-corrected chi connectivity index (χ0v) is 18.5. The first kappa shape index (κ1) is 22.9. The fraction of sp³-hybridized carbons (Fsp3) is 0.481. The molecule has 2 aliphatic carbocycles. The van der Waals surface area contributed by atoms with E-state index in [0.29, 0.717) is 17.4 Å². The summed E-state index contributed by atoms with van der Waals surface area (Å²) in [6.45, 7) is 3.82. The summed E-state index contributed by atoms with van der Waals surface area (Å²) in [5, 5.41) is 0. The molecule has 0 heterocycles. The van der Waals surface area contributed by atoms with Gasteiger partial charge in [-0.2, -0.15) is 0 Å². The van der Waals surface area contributed by atoms with Crippen molar-refractivity contribution < 1.29 is 22.3 Å². The molecule has 1 nitrogen and oxygen atoms in total. The third-order valence-electron chi connectivity index (χ3n) is 7.53. The van der Waals surface area contributed by atoms with Crippen LogP contribution in [0.3, 0.4) is 0 Å². The Hall–Kier alpha value is -2.30. The van der Waals surface area contributed by atoms with E-state index in [1.165, 1.54) is 37.8 Å². The summed E-state index contributed by atoms with van der Waals surface area (Å²) in [7, 11) is 1.14. The first-order valence-electron chi connectivity index (χ1n) is 11.5. The monoisotopic (exact) mass is 446 g/mol. The Kier molecular flexibility index (Phi) is 6.92. The summed E-state index contributed by atoms with van der Waals surface area (Å²) in [5.41, 5.74) is 0.0555. The lowest BCUT2D eigenvalue weighted by atomic mass is 9.63. The highest BCUT2D eigenvalue weighted by Crippen LogP contribution is 2.49. The molecule has 2 fully saturated rings. The van der Waals surface area contributed by atoms with Gasteiger partial charge >= 0.3 is 0 Å². The van der Waals surface area contributed by atoms with Crippen molar-refractivity contribution in [3.05, 3.63) is 65.8 Å². The number of ether oxygens (including phenoxy) is 1. The number of hydrogen-bond donors (Lipinski definition) is 0. The number of rotatable bonds is 6. The molecule has 2 aromatic rings. The summed E-state index contributed by atoms with van der Waals surface area (Å²) < 4.78 is 62.7. The van der Waals surface area contributed by atoms with E-state index in [2.05, 4.69) is 11.3 Å². The van der Waals surface area contributed by atoms with E-state index in [9.17, 15) is 17.6 Å². The Bertz CT molecular complexity index is 940. The van der Waals surface area contributed by atoms with Crippen LogP contribution in [0.25, 0.3) is 11.1 Å². The zero-order valence-electron chi connectivity index (χ0n) is 18.5. The van der Waals surface area contributed by atoms with Gasteiger partial charge in [-0.25, -0.2) is 17.6 Å². The summed E-state index contributed by atoms with van der Waals surface area (Å²) in [6, 6.07) is 4.50. The Morgan fingerprint density at radius 2 is 1.50 bits per heavy atom. The summed E-state index contributed by atoms with van der Waals surface area (Å²) in [6.07, 6.45) is 10.9. The predicted octanol–water partition coefficient (Wildman–Crippen LogP) is 8.18. The van der Waals surface area contributed by atoms with Crippen molar-refractivity contribution in [2.24, 2.45) is 17.8 Å². The van der Waals surface area contributed by atoms with Crippen LogP contribution in [0, 0.1) is 41.0 Å². The molecule has 2 saturated carbocycles. The fourth-order valence-electron chi connectivity index (χ4n) is 5.91. The molecule has 32 heavy (non-hydrogen) atoms. The fourth-order valence-corrected chi connectivity index (χ4v) is 5.91. The second-order valence-electron chi connectivity index (χ2n) is 9.41. The van der Waals surface area contributed by atoms with Gasteiger partial charge in [0.1, 0.15) is 11.6 Å². The normalized spacial score (nSPS) is 25.3. The van der Waals surface area contributed by atoms with Crippen molar-refractivity contribution >= 4 is 0 Å². The Balaban J connectivity index is 1.52. The molecule has 0 N–H and O–H groups in total. The first-order chi connectivity index (χ1) is 15.4. The minimum Gasteiger partial charge on any atom is -0.491 e. The molecule has 172 valence electrons. The van der Waals surface area contributed by atoms with Gasteiger partial charge in [-0.05, 0) is 104 Å². The lowest BCUT2D eigenvalue weighted by Gasteiger charge is -2.42. The van der Waals surface area contributed by atoms with Crippen molar-refractivity contribution in [3.63, 3.8) is 0 Å². The third kappa shape index (κ3) is 4.57. The van der Waals surface area contributed by atoms with Crippen LogP contribution in [-0.2, 0) is 0 Å². The van der Waals surface area contributed by atoms with Gasteiger partial charge in [0.25, 0.3) is 0 Å². The molecule has 4 atom stereocenters. The average Bonchev–Trinajstić information content (AvgIpc) is 2.76. The van der Waals surface area contributed by atoms with Gasteiger partial charge in [0.05, 0.1) is 12.7 Å². The molecule has 2 aliphatic rings. The van der Waals surface area contributed by atoms with Gasteiger partial charge in [-0.1, -0.05) is 12.5 Å². The molecule has 0 spiro atoms. The smallest absolute Gasteiger partial charge is 0.190 e. The molecular formula is C27H30F4O. The Morgan fingerprint density at radius 1 is 0.875 bits per heavy atom. The largest absolute Gasteiger partial charge is 0.491 e. The molecule has 2 aromatic carbocycles. The second kappa shape index (κ2) is 9.68. The molecule has 0 aromatic heterocycles. The van der Waals surface area contributed by atoms with Gasteiger partial charge in [-0.15, -0.1) is 6.58 Å². The van der Waals surface area contributed by atoms with E-state index in [0.717, 1.165) is 50.8 Å². The second-order valence-corrected chi connectivity index (χ2v) is 9.41. The van der Waals surface area contributed by atoms with Crippen LogP contribution in [0.1, 0.15) is 62.8 Å². The highest BCUT2D eigenvalue weighted by molar-refractivity contribution is 5.66. The highest BCUT2D eigenvalue weighted by Gasteiger charge is 2.36. The van der Waals surface area contributed by atoms with Crippen molar-refractivity contribution in [3.8, 4) is 16.9 Å². The van der Waals surface area contributed by atoms with E-state index in [4.69, 9.17) is 0 Å². The minimum atomic E-state index is -0.993. The summed E-state index contributed by atoms with van der Waals surface area (Å²) >= 11 is 0. The van der Waals surface area contributed by atoms with E-state index >= 15 is 0 Å². The van der Waals surface area contributed by atoms with Crippen molar-refractivity contribution in [1.29, 1.82) is 0 Å². The number of benzene rings is 2. The van der Waals surface area contributed by atoms with Crippen LogP contribution in [0.15, 0.2) is 36.9 Å². The highest BCUT2D eigenvalue weighted by atomic mass is 19.1. The summed E-state index contributed by atoms with van der Waals surface area (Å²) in [5.74, 6) is -1.95. The van der Waals surface area contributed by atoms with Crippen LogP contribution in [0.2, 0.25) is 0 Å². The van der Waals surface area contributed by atoms with Gasteiger partial charge in [-0.3, -0.25) is 0 Å². The zero-order chi connectivity index (χ0) is 22.8. The van der Waals surface area contributed by atoms with Crippen LogP contribution >= 0.6 is 0 Å². The van der Waals surface area contributed by atoms with E-state index < -0.39 is 34.6 Å². The lowest BCUT2D eigenvalue weighted by Crippen LogP contribution is -2.30. The molecule has 0 aliphatic heterocycles. The van der Waals surface area contributed by atoms with E-state index in [1.54, 1.807) is 0 Å². The van der Waals surface area contributed by atoms with Crippen LogP contribution < -0.4 is 4.74 Å². The van der Waals surface area contributed by atoms with E-state index in [-0.39, 0.29) is 11.5 Å². The Labute approximate surface area is 187 Å². The van der Waals surface area contributed by atoms with Crippen molar-refractivity contribution in [2.45, 2.75) is 57.3 Å². The number of methoxy groups -OCH3 is 1. The van der Waals surface area contributed by atoms with Crippen LogP contribution in [0.4, 0.5) is 17.6 Å². The maximum Gasteiger partial charge on any atom is 0.190 e. The molecular weight excluding hydrogens is 416 g/mol. The Morgan fingerprint density at radius 3 is 2.12 bits per heavy atom. The van der Waals surface area contributed by atoms with Crippen molar-refractivity contribution in [2.75, 3.05) is 7.11 Å². The van der Waals surface area contributed by atoms with E-state index in [1.807, 2.05) is 6.08 Å². The number of fused-ring (bicyclic) bond motifs is 1. The quantitative estimate of drug-likeness (QED) is 0.321. The molecule has 0 saturated heterocycles. The molecule has 5 heteroatoms. The molecule has 4 unspecified atom stereocenters. The topological polar surface area (TPSA) is 9.23 Å². The third-order valence-corrected chi connectivity index (χ3v) is 7.53. The standard InChI is InChI=1S/C27H30F4O/c1-3-4-5-16-6-7-18-11-19(9-8-17(18)10-16)20-12-22(28)26(23(29)13-20)21-14-24(30)27(32-2)25(31)15-21/h3,12-19H,1,4-11H2,2H3. The van der Waals surface area contributed by atoms with Gasteiger partial charge in [0.2, 0.25) is 0 Å². The first-order valence-corrected chi connectivity index (χ1v) is 11.5. The van der Waals surface area contributed by atoms with Gasteiger partial charge in [0, 0.05) is 0 Å². The maximum atomic E-state index is 15.0. The molecule has 4 rings (SSSR count). The number of hydrogen-bond acceptors (Lipinski definition) is 1. The average molecular weight is 447 g/mol. The number of halogens is 4. The maximum absolute atomic E-state index is 15.0. The SMILES string of the molecule is C=CCCC1CCC2CC(c3cc(F)c(-c4cc(F)c(OC)c(F)c4)c(F)c3)CCC2C1. The number of allylic oxidation sites excluding steroid dienone is 1. The van der Waals surface area contributed by atoms with Gasteiger partial charge in [0.15, 0.2) is 17.4 Å². The van der Waals surface area contributed by atoms with Crippen molar-refractivity contribution in [1.82, 2.24) is 0 Å². The molecule has 0 radical (unpaired) electrons.